The van der Waals surface area contributed by atoms with Crippen molar-refractivity contribution in [3.63, 3.8) is 0 Å². The van der Waals surface area contributed by atoms with Crippen LogP contribution >= 0.6 is 22.9 Å². The van der Waals surface area contributed by atoms with Crippen molar-refractivity contribution in [2.24, 2.45) is 0 Å². The Hall–Kier alpha value is -3.50. The van der Waals surface area contributed by atoms with E-state index in [4.69, 9.17) is 16.3 Å². The molecule has 0 N–H and O–H groups in total. The zero-order valence-corrected chi connectivity index (χ0v) is 20.7. The highest BCUT2D eigenvalue weighted by Gasteiger charge is 2.29. The van der Waals surface area contributed by atoms with E-state index in [2.05, 4.69) is 0 Å². The van der Waals surface area contributed by atoms with Gasteiger partial charge >= 0.3 is 11.8 Å². The number of hydrogen-bond donors (Lipinski definition) is 0. The third-order valence-electron chi connectivity index (χ3n) is 6.08. The molecule has 1 aliphatic heterocycles. The molecule has 36 heavy (non-hydrogen) atoms. The molecule has 3 heterocycles. The molecule has 2 aromatic heterocycles. The number of carbonyl (C=O) groups is 1. The zero-order chi connectivity index (χ0) is 25.6. The number of aromatic nitrogens is 2. The summed E-state index contributed by atoms with van der Waals surface area (Å²) in [5.74, 6) is -1.01. The molecular formula is C25H20ClF2N3O4S. The average molecular weight is 532 g/mol. The van der Waals surface area contributed by atoms with Crippen LogP contribution in [0.3, 0.4) is 0 Å². The van der Waals surface area contributed by atoms with Crippen molar-refractivity contribution in [3.8, 4) is 5.69 Å². The maximum atomic E-state index is 13.7. The summed E-state index contributed by atoms with van der Waals surface area (Å²) in [5.41, 5.74) is 0.308. The van der Waals surface area contributed by atoms with Gasteiger partial charge in [-0.1, -0.05) is 17.7 Å². The van der Waals surface area contributed by atoms with Gasteiger partial charge in [0.05, 0.1) is 30.8 Å². The van der Waals surface area contributed by atoms with E-state index in [9.17, 15) is 23.2 Å². The van der Waals surface area contributed by atoms with Crippen LogP contribution in [0, 0.1) is 11.6 Å². The number of ether oxygens (including phenoxy) is 1. The van der Waals surface area contributed by atoms with Crippen LogP contribution in [0.1, 0.15) is 22.9 Å². The SMILES string of the molecule is CCOC(=O)N1CCc2c(sc3c2c(=O)n(-c2ccc(F)cc2)c(=O)n3Cc2ccc(F)cc2Cl)C1. The van der Waals surface area contributed by atoms with Crippen LogP contribution in [-0.2, 0) is 24.2 Å². The van der Waals surface area contributed by atoms with Gasteiger partial charge in [0.1, 0.15) is 16.5 Å². The molecular weight excluding hydrogens is 512 g/mol. The fraction of sp³-hybridized carbons (Fsp3) is 0.240. The van der Waals surface area contributed by atoms with Gasteiger partial charge in [0.2, 0.25) is 0 Å². The van der Waals surface area contributed by atoms with Crippen LogP contribution in [0.2, 0.25) is 5.02 Å². The molecule has 0 bridgehead atoms. The van der Waals surface area contributed by atoms with Crippen LogP contribution in [0.5, 0.6) is 0 Å². The van der Waals surface area contributed by atoms with Gasteiger partial charge < -0.3 is 9.64 Å². The van der Waals surface area contributed by atoms with E-state index in [-0.39, 0.29) is 30.4 Å². The zero-order valence-electron chi connectivity index (χ0n) is 19.1. The highest BCUT2D eigenvalue weighted by Crippen LogP contribution is 2.34. The minimum absolute atomic E-state index is 0.0170. The Morgan fingerprint density at radius 2 is 1.83 bits per heavy atom. The van der Waals surface area contributed by atoms with E-state index in [0.29, 0.717) is 28.7 Å². The van der Waals surface area contributed by atoms with E-state index in [1.165, 1.54) is 52.3 Å². The quantitative estimate of drug-likeness (QED) is 0.382. The number of carbonyl (C=O) groups excluding carboxylic acids is 1. The Morgan fingerprint density at radius 1 is 1.11 bits per heavy atom. The lowest BCUT2D eigenvalue weighted by Gasteiger charge is -2.25. The summed E-state index contributed by atoms with van der Waals surface area (Å²) >= 11 is 7.50. The number of thiophene rings is 1. The predicted octanol–water partition coefficient (Wildman–Crippen LogP) is 4.71. The van der Waals surface area contributed by atoms with Crippen molar-refractivity contribution in [1.82, 2.24) is 14.0 Å². The van der Waals surface area contributed by atoms with Crippen LogP contribution in [-0.4, -0.2) is 33.3 Å². The third-order valence-corrected chi connectivity index (χ3v) is 7.67. The first kappa shape index (κ1) is 24.2. The van der Waals surface area contributed by atoms with Crippen LogP contribution < -0.4 is 11.2 Å². The molecule has 0 spiro atoms. The van der Waals surface area contributed by atoms with Crippen LogP contribution in [0.4, 0.5) is 13.6 Å². The van der Waals surface area contributed by atoms with Gasteiger partial charge in [-0.15, -0.1) is 11.3 Å². The van der Waals surface area contributed by atoms with Gasteiger partial charge in [-0.2, -0.15) is 0 Å². The number of fused-ring (bicyclic) bond motifs is 3. The van der Waals surface area contributed by atoms with Crippen molar-refractivity contribution in [2.45, 2.75) is 26.4 Å². The molecule has 0 aliphatic carbocycles. The van der Waals surface area contributed by atoms with E-state index in [1.807, 2.05) is 0 Å². The molecule has 0 fully saturated rings. The average Bonchev–Trinajstić information content (AvgIpc) is 3.23. The lowest BCUT2D eigenvalue weighted by molar-refractivity contribution is 0.103. The van der Waals surface area contributed by atoms with Gasteiger partial charge in [0, 0.05) is 16.4 Å². The second-order valence-corrected chi connectivity index (χ2v) is 9.77. The van der Waals surface area contributed by atoms with Crippen molar-refractivity contribution in [1.29, 1.82) is 0 Å². The Kier molecular flexibility index (Phi) is 6.40. The Labute approximate surface area is 212 Å². The van der Waals surface area contributed by atoms with Gasteiger partial charge in [-0.05, 0) is 60.9 Å². The summed E-state index contributed by atoms with van der Waals surface area (Å²) in [6.07, 6.45) is -0.0395. The fourth-order valence-corrected chi connectivity index (χ4v) is 5.93. The number of rotatable bonds is 4. The molecule has 2 aromatic carbocycles. The Morgan fingerprint density at radius 3 is 2.53 bits per heavy atom. The van der Waals surface area contributed by atoms with E-state index in [1.54, 1.807) is 11.8 Å². The molecule has 186 valence electrons. The second kappa shape index (κ2) is 9.51. The van der Waals surface area contributed by atoms with E-state index < -0.39 is 29.0 Å². The first-order valence-corrected chi connectivity index (χ1v) is 12.4. The molecule has 0 unspecified atom stereocenters. The van der Waals surface area contributed by atoms with Crippen molar-refractivity contribution >= 4 is 39.2 Å². The molecule has 0 saturated carbocycles. The third kappa shape index (κ3) is 4.20. The topological polar surface area (TPSA) is 73.5 Å². The number of nitrogens with zero attached hydrogens (tertiary/aromatic N) is 3. The van der Waals surface area contributed by atoms with Crippen molar-refractivity contribution in [3.05, 3.63) is 96.0 Å². The van der Waals surface area contributed by atoms with Crippen LogP contribution in [0.25, 0.3) is 15.9 Å². The second-order valence-electron chi connectivity index (χ2n) is 8.28. The molecule has 0 atom stereocenters. The standard InChI is InChI=1S/C25H20ClF2N3O4S/c1-2-35-25(34)29-10-9-18-20(13-29)36-23-21(18)22(32)31(17-7-5-15(27)6-8-17)24(33)30(23)12-14-3-4-16(28)11-19(14)26/h3-8,11H,2,9-10,12-13H2,1H3. The Bertz CT molecular complexity index is 1610. The molecule has 7 nitrogen and oxygen atoms in total. The van der Waals surface area contributed by atoms with Gasteiger partial charge in [-0.25, -0.2) is 22.9 Å². The number of hydrogen-bond acceptors (Lipinski definition) is 5. The number of halogens is 3. The molecule has 1 amide bonds. The molecule has 5 rings (SSSR count). The highest BCUT2D eigenvalue weighted by atomic mass is 35.5. The Balaban J connectivity index is 1.74. The fourth-order valence-electron chi connectivity index (χ4n) is 4.35. The molecule has 0 radical (unpaired) electrons. The lowest BCUT2D eigenvalue weighted by atomic mass is 10.1. The molecule has 0 saturated heterocycles. The summed E-state index contributed by atoms with van der Waals surface area (Å²) in [7, 11) is 0. The van der Waals surface area contributed by atoms with Gasteiger partial charge in [0.25, 0.3) is 5.56 Å². The largest absolute Gasteiger partial charge is 0.450 e. The van der Waals surface area contributed by atoms with Crippen LogP contribution in [0.15, 0.2) is 52.1 Å². The van der Waals surface area contributed by atoms with Gasteiger partial charge in [0.15, 0.2) is 0 Å². The summed E-state index contributed by atoms with van der Waals surface area (Å²) in [6, 6.07) is 8.96. The van der Waals surface area contributed by atoms with Crippen molar-refractivity contribution < 1.29 is 18.3 Å². The normalized spacial score (nSPS) is 13.2. The van der Waals surface area contributed by atoms with Gasteiger partial charge in [-0.3, -0.25) is 9.36 Å². The molecule has 1 aliphatic rings. The maximum Gasteiger partial charge on any atom is 0.410 e. The number of amides is 1. The number of benzene rings is 2. The predicted molar refractivity (Wildman–Crippen MR) is 133 cm³/mol. The minimum atomic E-state index is -0.639. The summed E-state index contributed by atoms with van der Waals surface area (Å²) in [6.45, 7) is 2.56. The molecule has 4 aromatic rings. The smallest absolute Gasteiger partial charge is 0.410 e. The first-order chi connectivity index (χ1) is 17.3. The lowest BCUT2D eigenvalue weighted by Crippen LogP contribution is -2.39. The van der Waals surface area contributed by atoms with Crippen molar-refractivity contribution in [2.75, 3.05) is 13.2 Å². The van der Waals surface area contributed by atoms with E-state index >= 15 is 0 Å². The highest BCUT2D eigenvalue weighted by molar-refractivity contribution is 7.18. The summed E-state index contributed by atoms with van der Waals surface area (Å²) in [5, 5.41) is 0.505. The molecule has 11 heteroatoms. The summed E-state index contributed by atoms with van der Waals surface area (Å²) in [4.78, 5) is 42.4. The van der Waals surface area contributed by atoms with E-state index in [0.717, 1.165) is 21.1 Å². The maximum absolute atomic E-state index is 13.7. The monoisotopic (exact) mass is 531 g/mol. The minimum Gasteiger partial charge on any atom is -0.450 e. The first-order valence-electron chi connectivity index (χ1n) is 11.2. The summed E-state index contributed by atoms with van der Waals surface area (Å²) < 4.78 is 34.7.